The second-order valence-electron chi connectivity index (χ2n) is 6.01. The highest BCUT2D eigenvalue weighted by atomic mass is 32.1. The molecule has 1 aromatic rings. The molecule has 0 amide bonds. The first-order valence-electron chi connectivity index (χ1n) is 7.69. The minimum absolute atomic E-state index is 0.362. The Kier molecular flexibility index (Phi) is 6.49. The van der Waals surface area contributed by atoms with Gasteiger partial charge in [-0.3, -0.25) is 0 Å². The normalized spacial score (nSPS) is 24.8. The Bertz CT molecular complexity index is 386. The van der Waals surface area contributed by atoms with E-state index in [9.17, 15) is 5.11 Å². The third kappa shape index (κ3) is 5.52. The van der Waals surface area contributed by atoms with E-state index >= 15 is 0 Å². The van der Waals surface area contributed by atoms with E-state index in [1.54, 1.807) is 11.3 Å². The Hall–Kier alpha value is -0.420. The van der Waals surface area contributed by atoms with Crippen molar-refractivity contribution in [3.05, 3.63) is 21.9 Å². The lowest BCUT2D eigenvalue weighted by Gasteiger charge is -2.27. The van der Waals surface area contributed by atoms with Crippen molar-refractivity contribution in [3.8, 4) is 0 Å². The molecule has 1 aromatic heterocycles. The molecule has 1 heterocycles. The van der Waals surface area contributed by atoms with E-state index in [2.05, 4.69) is 31.3 Å². The third-order valence-electron chi connectivity index (χ3n) is 3.96. The number of aryl methyl sites for hydroxylation is 1. The minimum atomic E-state index is -0.407. The van der Waals surface area contributed by atoms with Crippen LogP contribution in [0.4, 0.5) is 0 Å². The number of hydrogen-bond acceptors (Lipinski definition) is 4. The Morgan fingerprint density at radius 1 is 1.35 bits per heavy atom. The first kappa shape index (κ1) is 16.0. The van der Waals surface area contributed by atoms with Gasteiger partial charge in [0.2, 0.25) is 0 Å². The van der Waals surface area contributed by atoms with Crippen molar-refractivity contribution in [1.29, 1.82) is 0 Å². The number of aliphatic hydroxyl groups is 1. The fourth-order valence-electron chi connectivity index (χ4n) is 2.64. The topological polar surface area (TPSA) is 41.5 Å². The van der Waals surface area contributed by atoms with Crippen molar-refractivity contribution in [1.82, 2.24) is 5.32 Å². The molecule has 3 nitrogen and oxygen atoms in total. The molecule has 0 spiro atoms. The second kappa shape index (κ2) is 8.13. The Morgan fingerprint density at radius 2 is 2.10 bits per heavy atom. The van der Waals surface area contributed by atoms with Crippen LogP contribution < -0.4 is 5.32 Å². The lowest BCUT2D eigenvalue weighted by molar-refractivity contribution is -0.0278. The summed E-state index contributed by atoms with van der Waals surface area (Å²) in [7, 11) is 0. The molecule has 1 aliphatic rings. The van der Waals surface area contributed by atoms with Crippen molar-refractivity contribution in [2.24, 2.45) is 5.92 Å². The molecule has 114 valence electrons. The highest BCUT2D eigenvalue weighted by molar-refractivity contribution is 7.11. The molecule has 20 heavy (non-hydrogen) atoms. The lowest BCUT2D eigenvalue weighted by atomic mass is 9.89. The van der Waals surface area contributed by atoms with Crippen LogP contribution in [0.2, 0.25) is 0 Å². The number of hydrogen-bond donors (Lipinski definition) is 2. The maximum atomic E-state index is 9.93. The molecule has 2 N–H and O–H groups in total. The Balaban J connectivity index is 1.55. The first-order valence-corrected chi connectivity index (χ1v) is 8.51. The van der Waals surface area contributed by atoms with Gasteiger partial charge in [0.15, 0.2) is 0 Å². The third-order valence-corrected chi connectivity index (χ3v) is 4.96. The van der Waals surface area contributed by atoms with Crippen molar-refractivity contribution in [2.75, 3.05) is 13.2 Å². The van der Waals surface area contributed by atoms with Crippen molar-refractivity contribution in [2.45, 2.75) is 58.3 Å². The molecule has 0 saturated heterocycles. The van der Waals surface area contributed by atoms with Crippen LogP contribution in [0.3, 0.4) is 0 Å². The molecule has 1 aliphatic carbocycles. The summed E-state index contributed by atoms with van der Waals surface area (Å²) in [6.07, 6.45) is 4.77. The number of aliphatic hydroxyl groups excluding tert-OH is 1. The fraction of sp³-hybridized carbons (Fsp3) is 0.750. The van der Waals surface area contributed by atoms with Gasteiger partial charge in [0.25, 0.3) is 0 Å². The van der Waals surface area contributed by atoms with Crippen molar-refractivity contribution in [3.63, 3.8) is 0 Å². The predicted octanol–water partition coefficient (Wildman–Crippen LogP) is 3.10. The fourth-order valence-corrected chi connectivity index (χ4v) is 3.50. The van der Waals surface area contributed by atoms with Crippen LogP contribution in [0.1, 0.15) is 42.4 Å². The molecular formula is C16H27NO2S. The molecule has 0 radical (unpaired) electrons. The maximum Gasteiger partial charge on any atom is 0.0897 e. The summed E-state index contributed by atoms with van der Waals surface area (Å²) in [5.41, 5.74) is 0. The van der Waals surface area contributed by atoms with E-state index < -0.39 is 6.10 Å². The molecule has 4 heteroatoms. The molecule has 1 fully saturated rings. The monoisotopic (exact) mass is 297 g/mol. The van der Waals surface area contributed by atoms with E-state index in [0.29, 0.717) is 19.3 Å². The van der Waals surface area contributed by atoms with Crippen LogP contribution in [-0.2, 0) is 11.3 Å². The Morgan fingerprint density at radius 3 is 2.75 bits per heavy atom. The van der Waals surface area contributed by atoms with Gasteiger partial charge >= 0.3 is 0 Å². The maximum absolute atomic E-state index is 9.93. The average molecular weight is 297 g/mol. The molecule has 1 atom stereocenters. The predicted molar refractivity (Wildman–Crippen MR) is 84.1 cm³/mol. The zero-order valence-corrected chi connectivity index (χ0v) is 13.4. The summed E-state index contributed by atoms with van der Waals surface area (Å²) < 4.78 is 5.81. The van der Waals surface area contributed by atoms with E-state index in [1.165, 1.54) is 22.6 Å². The summed E-state index contributed by atoms with van der Waals surface area (Å²) in [6.45, 7) is 6.30. The van der Waals surface area contributed by atoms with Gasteiger partial charge in [0.1, 0.15) is 0 Å². The quantitative estimate of drug-likeness (QED) is 0.812. The highest BCUT2D eigenvalue weighted by Gasteiger charge is 2.19. The van der Waals surface area contributed by atoms with E-state index in [1.807, 2.05) is 0 Å². The van der Waals surface area contributed by atoms with E-state index in [4.69, 9.17) is 4.74 Å². The summed E-state index contributed by atoms with van der Waals surface area (Å²) >= 11 is 1.80. The Labute approximate surface area is 126 Å². The van der Waals surface area contributed by atoms with E-state index in [0.717, 1.165) is 25.3 Å². The standard InChI is InChI=1S/C16H27NO2S/c1-12-3-6-15(7-4-12)19-11-14(18)9-17-10-16-8-5-13(2)20-16/h5,8,12,14-15,17-18H,3-4,6-7,9-11H2,1-2H3. The van der Waals surface area contributed by atoms with Crippen molar-refractivity contribution < 1.29 is 9.84 Å². The summed E-state index contributed by atoms with van der Waals surface area (Å²) in [4.78, 5) is 2.65. The van der Waals surface area contributed by atoms with Crippen LogP contribution in [0.5, 0.6) is 0 Å². The van der Waals surface area contributed by atoms with E-state index in [-0.39, 0.29) is 0 Å². The van der Waals surface area contributed by atoms with Gasteiger partial charge in [-0.05, 0) is 50.7 Å². The number of thiophene rings is 1. The van der Waals surface area contributed by atoms with Gasteiger partial charge in [-0.15, -0.1) is 11.3 Å². The van der Waals surface area contributed by atoms with Crippen LogP contribution in [0.25, 0.3) is 0 Å². The summed E-state index contributed by atoms with van der Waals surface area (Å²) in [5.74, 6) is 0.843. The van der Waals surface area contributed by atoms with Gasteiger partial charge in [-0.2, -0.15) is 0 Å². The zero-order valence-electron chi connectivity index (χ0n) is 12.6. The van der Waals surface area contributed by atoms with Crippen LogP contribution in [0, 0.1) is 12.8 Å². The molecule has 1 saturated carbocycles. The first-order chi connectivity index (χ1) is 9.63. The average Bonchev–Trinajstić information content (AvgIpc) is 2.84. The zero-order chi connectivity index (χ0) is 14.4. The van der Waals surface area contributed by atoms with Crippen molar-refractivity contribution >= 4 is 11.3 Å². The number of ether oxygens (including phenoxy) is 1. The van der Waals surface area contributed by atoms with Gasteiger partial charge in [0.05, 0.1) is 18.8 Å². The summed E-state index contributed by atoms with van der Waals surface area (Å²) in [5, 5.41) is 13.2. The molecular weight excluding hydrogens is 270 g/mol. The molecule has 0 aromatic carbocycles. The highest BCUT2D eigenvalue weighted by Crippen LogP contribution is 2.25. The summed E-state index contributed by atoms with van der Waals surface area (Å²) in [6, 6.07) is 4.27. The second-order valence-corrected chi connectivity index (χ2v) is 7.38. The van der Waals surface area contributed by atoms with Crippen LogP contribution >= 0.6 is 11.3 Å². The molecule has 0 aliphatic heterocycles. The lowest BCUT2D eigenvalue weighted by Crippen LogP contribution is -2.32. The minimum Gasteiger partial charge on any atom is -0.389 e. The smallest absolute Gasteiger partial charge is 0.0897 e. The van der Waals surface area contributed by atoms with Gasteiger partial charge in [-0.25, -0.2) is 0 Å². The van der Waals surface area contributed by atoms with Gasteiger partial charge < -0.3 is 15.2 Å². The largest absolute Gasteiger partial charge is 0.389 e. The van der Waals surface area contributed by atoms with Gasteiger partial charge in [-0.1, -0.05) is 6.92 Å². The molecule has 1 unspecified atom stereocenters. The molecule has 0 bridgehead atoms. The molecule has 2 rings (SSSR count). The SMILES string of the molecule is Cc1ccc(CNCC(O)COC2CCC(C)CC2)s1. The van der Waals surface area contributed by atoms with Crippen LogP contribution in [-0.4, -0.2) is 30.5 Å². The van der Waals surface area contributed by atoms with Crippen LogP contribution in [0.15, 0.2) is 12.1 Å². The van der Waals surface area contributed by atoms with Gasteiger partial charge in [0, 0.05) is 22.8 Å². The number of nitrogens with one attached hydrogen (secondary N) is 1. The number of rotatable bonds is 7.